The molecule has 1 heterocycles. The van der Waals surface area contributed by atoms with Crippen LogP contribution in [0.2, 0.25) is 0 Å². The molecule has 0 saturated heterocycles. The summed E-state index contributed by atoms with van der Waals surface area (Å²) in [7, 11) is 0. The molecule has 0 amide bonds. The average molecular weight is 227 g/mol. The summed E-state index contributed by atoms with van der Waals surface area (Å²) in [6, 6.07) is 3.96. The summed E-state index contributed by atoms with van der Waals surface area (Å²) in [6.07, 6.45) is 4.16. The lowest BCUT2D eigenvalue weighted by atomic mass is 9.88. The van der Waals surface area contributed by atoms with Crippen LogP contribution < -0.4 is 5.73 Å². The van der Waals surface area contributed by atoms with Gasteiger partial charge in [-0.2, -0.15) is 11.8 Å². The minimum Gasteiger partial charge on any atom is -0.468 e. The normalized spacial score (nSPS) is 11.9. The van der Waals surface area contributed by atoms with Crippen LogP contribution in [0.5, 0.6) is 0 Å². The van der Waals surface area contributed by atoms with Crippen LogP contribution in [0.15, 0.2) is 22.8 Å². The summed E-state index contributed by atoms with van der Waals surface area (Å²) < 4.78 is 5.26. The van der Waals surface area contributed by atoms with Crippen molar-refractivity contribution in [1.82, 2.24) is 0 Å². The molecule has 1 aromatic heterocycles. The minimum absolute atomic E-state index is 0.297. The van der Waals surface area contributed by atoms with Crippen LogP contribution >= 0.6 is 11.8 Å². The molecule has 0 spiro atoms. The van der Waals surface area contributed by atoms with Crippen LogP contribution in [0.25, 0.3) is 0 Å². The molecular formula is C12H21NOS. The molecule has 3 heteroatoms. The molecule has 0 fully saturated rings. The number of rotatable bonds is 7. The smallest absolute Gasteiger partial charge is 0.113 e. The highest BCUT2D eigenvalue weighted by molar-refractivity contribution is 7.98. The Hall–Kier alpha value is -0.410. The molecule has 2 N–H and O–H groups in total. The molecule has 86 valence electrons. The van der Waals surface area contributed by atoms with E-state index in [0.29, 0.717) is 5.41 Å². The Balaban J connectivity index is 2.03. The molecule has 0 aliphatic heterocycles. The number of furan rings is 1. The Morgan fingerprint density at radius 2 is 2.27 bits per heavy atom. The predicted molar refractivity (Wildman–Crippen MR) is 66.9 cm³/mol. The maximum Gasteiger partial charge on any atom is 0.113 e. The Labute approximate surface area is 96.6 Å². The van der Waals surface area contributed by atoms with Gasteiger partial charge in [-0.1, -0.05) is 13.8 Å². The van der Waals surface area contributed by atoms with Crippen LogP contribution in [0.3, 0.4) is 0 Å². The van der Waals surface area contributed by atoms with E-state index in [1.54, 1.807) is 6.26 Å². The molecule has 0 aromatic carbocycles. The van der Waals surface area contributed by atoms with Gasteiger partial charge >= 0.3 is 0 Å². The molecule has 0 unspecified atom stereocenters. The van der Waals surface area contributed by atoms with Gasteiger partial charge in [-0.25, -0.2) is 0 Å². The van der Waals surface area contributed by atoms with E-state index < -0.39 is 0 Å². The molecule has 0 atom stereocenters. The van der Waals surface area contributed by atoms with Gasteiger partial charge < -0.3 is 10.2 Å². The lowest BCUT2D eigenvalue weighted by Gasteiger charge is -2.21. The van der Waals surface area contributed by atoms with E-state index in [0.717, 1.165) is 18.1 Å². The zero-order chi connectivity index (χ0) is 11.1. The Morgan fingerprint density at radius 1 is 1.47 bits per heavy atom. The van der Waals surface area contributed by atoms with Crippen LogP contribution in [0.1, 0.15) is 32.4 Å². The lowest BCUT2D eigenvalue weighted by Crippen LogP contribution is -2.23. The molecule has 2 nitrogen and oxygen atoms in total. The van der Waals surface area contributed by atoms with E-state index in [9.17, 15) is 0 Å². The van der Waals surface area contributed by atoms with Crippen molar-refractivity contribution in [2.45, 2.75) is 32.4 Å². The minimum atomic E-state index is 0.297. The third-order valence-electron chi connectivity index (χ3n) is 2.52. The third-order valence-corrected chi connectivity index (χ3v) is 3.59. The highest BCUT2D eigenvalue weighted by Gasteiger charge is 2.14. The molecule has 1 rings (SSSR count). The van der Waals surface area contributed by atoms with Gasteiger partial charge in [-0.3, -0.25) is 0 Å². The molecule has 0 aliphatic rings. The molecule has 0 aliphatic carbocycles. The number of hydrogen-bond donors (Lipinski definition) is 1. The summed E-state index contributed by atoms with van der Waals surface area (Å²) in [5.74, 6) is 3.23. The monoisotopic (exact) mass is 227 g/mol. The fourth-order valence-corrected chi connectivity index (χ4v) is 2.18. The zero-order valence-electron chi connectivity index (χ0n) is 9.66. The van der Waals surface area contributed by atoms with Gasteiger partial charge in [0.15, 0.2) is 0 Å². The molecule has 15 heavy (non-hydrogen) atoms. The van der Waals surface area contributed by atoms with Gasteiger partial charge in [0.1, 0.15) is 5.76 Å². The van der Waals surface area contributed by atoms with E-state index >= 15 is 0 Å². The van der Waals surface area contributed by atoms with Gasteiger partial charge in [0, 0.05) is 0 Å². The van der Waals surface area contributed by atoms with E-state index in [-0.39, 0.29) is 0 Å². The van der Waals surface area contributed by atoms with Crippen molar-refractivity contribution in [2.75, 3.05) is 12.3 Å². The molecule has 0 saturated carbocycles. The number of thioether (sulfide) groups is 1. The van der Waals surface area contributed by atoms with Crippen molar-refractivity contribution in [1.29, 1.82) is 0 Å². The first-order valence-corrected chi connectivity index (χ1v) is 6.60. The van der Waals surface area contributed by atoms with Crippen molar-refractivity contribution in [2.24, 2.45) is 11.1 Å². The van der Waals surface area contributed by atoms with Crippen molar-refractivity contribution < 1.29 is 4.42 Å². The van der Waals surface area contributed by atoms with Crippen molar-refractivity contribution in [3.8, 4) is 0 Å². The first-order valence-electron chi connectivity index (χ1n) is 5.44. The average Bonchev–Trinajstić information content (AvgIpc) is 2.70. The van der Waals surface area contributed by atoms with Crippen molar-refractivity contribution >= 4 is 11.8 Å². The Morgan fingerprint density at radius 3 is 2.87 bits per heavy atom. The quantitative estimate of drug-likeness (QED) is 0.727. The number of nitrogens with two attached hydrogens (primary N) is 1. The maximum absolute atomic E-state index is 5.68. The van der Waals surface area contributed by atoms with Crippen molar-refractivity contribution in [3.63, 3.8) is 0 Å². The van der Waals surface area contributed by atoms with E-state index in [4.69, 9.17) is 10.2 Å². The summed E-state index contributed by atoms with van der Waals surface area (Å²) in [5, 5.41) is 0. The molecule has 0 bridgehead atoms. The fourth-order valence-electron chi connectivity index (χ4n) is 1.32. The van der Waals surface area contributed by atoms with E-state index in [1.165, 1.54) is 18.6 Å². The van der Waals surface area contributed by atoms with Gasteiger partial charge in [0.05, 0.1) is 12.0 Å². The zero-order valence-corrected chi connectivity index (χ0v) is 10.5. The SMILES string of the molecule is CC(C)(CN)CCCSCc1ccco1. The lowest BCUT2D eigenvalue weighted by molar-refractivity contribution is 0.345. The Bertz CT molecular complexity index is 257. The van der Waals surface area contributed by atoms with Crippen LogP contribution in [0, 0.1) is 5.41 Å². The highest BCUT2D eigenvalue weighted by Crippen LogP contribution is 2.22. The van der Waals surface area contributed by atoms with Crippen molar-refractivity contribution in [3.05, 3.63) is 24.2 Å². The first-order chi connectivity index (χ1) is 7.14. The molecule has 1 aromatic rings. The second kappa shape index (κ2) is 6.23. The highest BCUT2D eigenvalue weighted by atomic mass is 32.2. The van der Waals surface area contributed by atoms with Gasteiger partial charge in [0.2, 0.25) is 0 Å². The van der Waals surface area contributed by atoms with Gasteiger partial charge in [0.25, 0.3) is 0 Å². The molecular weight excluding hydrogens is 206 g/mol. The largest absolute Gasteiger partial charge is 0.468 e. The third kappa shape index (κ3) is 5.28. The second-order valence-electron chi connectivity index (χ2n) is 4.60. The molecule has 0 radical (unpaired) electrons. The second-order valence-corrected chi connectivity index (χ2v) is 5.71. The van der Waals surface area contributed by atoms with Crippen LogP contribution in [-0.2, 0) is 5.75 Å². The van der Waals surface area contributed by atoms with Gasteiger partial charge in [-0.15, -0.1) is 0 Å². The topological polar surface area (TPSA) is 39.2 Å². The Kier molecular flexibility index (Phi) is 5.26. The summed E-state index contributed by atoms with van der Waals surface area (Å²) in [6.45, 7) is 5.23. The van der Waals surface area contributed by atoms with E-state index in [1.807, 2.05) is 23.9 Å². The summed E-state index contributed by atoms with van der Waals surface area (Å²) in [5.41, 5.74) is 5.97. The maximum atomic E-state index is 5.68. The fraction of sp³-hybridized carbons (Fsp3) is 0.667. The summed E-state index contributed by atoms with van der Waals surface area (Å²) >= 11 is 1.93. The number of hydrogen-bond acceptors (Lipinski definition) is 3. The predicted octanol–water partition coefficient (Wildman–Crippen LogP) is 3.28. The standard InChI is InChI=1S/C12H21NOS/c1-12(2,10-13)6-4-8-15-9-11-5-3-7-14-11/h3,5,7H,4,6,8-10,13H2,1-2H3. The van der Waals surface area contributed by atoms with Gasteiger partial charge in [-0.05, 0) is 42.7 Å². The van der Waals surface area contributed by atoms with Crippen LogP contribution in [-0.4, -0.2) is 12.3 Å². The first kappa shape index (κ1) is 12.7. The van der Waals surface area contributed by atoms with Crippen LogP contribution in [0.4, 0.5) is 0 Å². The van der Waals surface area contributed by atoms with E-state index in [2.05, 4.69) is 13.8 Å². The summed E-state index contributed by atoms with van der Waals surface area (Å²) in [4.78, 5) is 0.